The van der Waals surface area contributed by atoms with Crippen molar-refractivity contribution >= 4 is 51.4 Å². The SMILES string of the molecule is CC(C)(C)OC(=O)N1CCc2cc(Nc3ncc4cc(C#N)c(=O)n(CC5CCCCC5)c4n3)ccc2C1.N#Cc1cc2cnc(Nc3ccc4c(c3)CCNC4)nc2n(CC2CCCCC2)c1=O. The predicted molar refractivity (Wildman–Crippen MR) is 265 cm³/mol. The van der Waals surface area contributed by atoms with Crippen LogP contribution in [0.3, 0.4) is 0 Å². The molecule has 3 N–H and O–H groups in total. The molecule has 4 aliphatic rings. The monoisotopic (exact) mass is 928 g/mol. The summed E-state index contributed by atoms with van der Waals surface area (Å²) in [6, 6.07) is 19.6. The second kappa shape index (κ2) is 20.6. The Morgan fingerprint density at radius 3 is 1.72 bits per heavy atom. The first-order valence-electron chi connectivity index (χ1n) is 24.5. The van der Waals surface area contributed by atoms with Crippen molar-refractivity contribution in [3.05, 3.63) is 115 Å². The molecule has 2 aliphatic carbocycles. The average Bonchev–Trinajstić information content (AvgIpc) is 3.36. The number of fused-ring (bicyclic) bond motifs is 4. The minimum absolute atomic E-state index is 0.118. The molecule has 0 saturated heterocycles. The fourth-order valence-corrected chi connectivity index (χ4v) is 10.1. The molecule has 0 bridgehead atoms. The molecule has 2 aliphatic heterocycles. The summed E-state index contributed by atoms with van der Waals surface area (Å²) in [6.45, 7) is 9.75. The van der Waals surface area contributed by atoms with E-state index < -0.39 is 5.60 Å². The van der Waals surface area contributed by atoms with Crippen LogP contribution in [0.25, 0.3) is 22.1 Å². The zero-order valence-corrected chi connectivity index (χ0v) is 39.8. The summed E-state index contributed by atoms with van der Waals surface area (Å²) < 4.78 is 8.88. The highest BCUT2D eigenvalue weighted by Crippen LogP contribution is 2.30. The fourth-order valence-electron chi connectivity index (χ4n) is 10.1. The number of aromatic nitrogens is 6. The molecule has 2 fully saturated rings. The number of carbonyl (C=O) groups excluding carboxylic acids is 1. The van der Waals surface area contributed by atoms with Gasteiger partial charge in [-0.25, -0.2) is 14.8 Å². The van der Waals surface area contributed by atoms with E-state index in [0.29, 0.717) is 72.0 Å². The Morgan fingerprint density at radius 2 is 1.22 bits per heavy atom. The van der Waals surface area contributed by atoms with Crippen LogP contribution in [0.15, 0.2) is 70.5 Å². The summed E-state index contributed by atoms with van der Waals surface area (Å²) in [4.78, 5) is 58.6. The highest BCUT2D eigenvalue weighted by molar-refractivity contribution is 5.78. The maximum Gasteiger partial charge on any atom is 0.410 e. The van der Waals surface area contributed by atoms with Crippen LogP contribution in [-0.2, 0) is 43.8 Å². The number of benzene rings is 2. The van der Waals surface area contributed by atoms with Crippen molar-refractivity contribution in [3.63, 3.8) is 0 Å². The van der Waals surface area contributed by atoms with Gasteiger partial charge in [-0.1, -0.05) is 50.7 Å². The molecule has 6 heterocycles. The Morgan fingerprint density at radius 1 is 0.710 bits per heavy atom. The van der Waals surface area contributed by atoms with Crippen LogP contribution in [0.1, 0.15) is 118 Å². The van der Waals surface area contributed by atoms with Crippen LogP contribution < -0.4 is 27.1 Å². The molecule has 0 unspecified atom stereocenters. The molecule has 0 spiro atoms. The smallest absolute Gasteiger partial charge is 0.410 e. The molecule has 6 aromatic rings. The number of amides is 1. The summed E-state index contributed by atoms with van der Waals surface area (Å²) in [5, 5.41) is 30.3. The highest BCUT2D eigenvalue weighted by atomic mass is 16.6. The molecule has 1 amide bonds. The minimum Gasteiger partial charge on any atom is -0.444 e. The van der Waals surface area contributed by atoms with Gasteiger partial charge in [0.1, 0.15) is 40.2 Å². The van der Waals surface area contributed by atoms with E-state index in [0.717, 1.165) is 74.1 Å². The molecule has 0 radical (unpaired) electrons. The Labute approximate surface area is 401 Å². The maximum atomic E-state index is 13.1. The number of carbonyl (C=O) groups is 1. The Hall–Kier alpha value is -7.17. The standard InChI is InChI=1S/C29H34N6O3.C24H26N6O/c1-29(2,3)38-28(37)34-12-11-20-14-24(10-9-21(20)18-34)32-27-31-16-23-13-22(15-30)26(36)35(25(23)33-27)17-19-7-5-4-6-8-19;25-12-19-10-20-14-27-24(28-21-7-6-18-13-26-9-8-17(18)11-21)29-22(20)30(23(19)31)15-16-4-2-1-3-5-16/h9-10,13-14,16,19H,4-8,11-12,17-18H2,1-3H3,(H,31,32,33);6-7,10-11,14,16,26H,1-5,8-9,13,15H2,(H,27,28,29). The van der Waals surface area contributed by atoms with Crippen LogP contribution in [0.5, 0.6) is 0 Å². The number of pyridine rings is 2. The number of ether oxygens (including phenoxy) is 1. The fraction of sp³-hybridized carbons (Fsp3) is 0.453. The van der Waals surface area contributed by atoms with Crippen LogP contribution in [0, 0.1) is 34.5 Å². The van der Waals surface area contributed by atoms with Gasteiger partial charge in [-0.05, 0) is 136 Å². The van der Waals surface area contributed by atoms with E-state index >= 15 is 0 Å². The van der Waals surface area contributed by atoms with E-state index in [9.17, 15) is 24.9 Å². The molecule has 2 saturated carbocycles. The first kappa shape index (κ1) is 46.9. The van der Waals surface area contributed by atoms with Crippen molar-refractivity contribution in [2.75, 3.05) is 23.7 Å². The number of hydrogen-bond donors (Lipinski definition) is 3. The van der Waals surface area contributed by atoms with E-state index in [1.165, 1.54) is 49.7 Å². The van der Waals surface area contributed by atoms with Gasteiger partial charge in [-0.3, -0.25) is 18.7 Å². The lowest BCUT2D eigenvalue weighted by Crippen LogP contribution is -2.39. The first-order valence-corrected chi connectivity index (χ1v) is 24.5. The zero-order valence-electron chi connectivity index (χ0n) is 39.8. The number of anilines is 4. The number of hydrogen-bond acceptors (Lipinski definition) is 13. The van der Waals surface area contributed by atoms with Gasteiger partial charge in [0.2, 0.25) is 11.9 Å². The third-order valence-corrected chi connectivity index (χ3v) is 13.7. The van der Waals surface area contributed by atoms with Crippen LogP contribution in [-0.4, -0.2) is 58.8 Å². The van der Waals surface area contributed by atoms with Gasteiger partial charge in [-0.2, -0.15) is 20.5 Å². The minimum atomic E-state index is -0.525. The van der Waals surface area contributed by atoms with Gasteiger partial charge in [0.25, 0.3) is 11.1 Å². The van der Waals surface area contributed by atoms with Crippen LogP contribution in [0.4, 0.5) is 28.1 Å². The van der Waals surface area contributed by atoms with Crippen LogP contribution >= 0.6 is 0 Å². The second-order valence-corrected chi connectivity index (χ2v) is 19.9. The molecule has 69 heavy (non-hydrogen) atoms. The van der Waals surface area contributed by atoms with E-state index in [4.69, 9.17) is 14.7 Å². The molecular weight excluding hydrogens is 869 g/mol. The van der Waals surface area contributed by atoms with Crippen molar-refractivity contribution in [2.24, 2.45) is 11.8 Å². The Bertz CT molecular complexity index is 3090. The van der Waals surface area contributed by atoms with E-state index in [2.05, 4.69) is 44.1 Å². The molecule has 10 rings (SSSR count). The largest absolute Gasteiger partial charge is 0.444 e. The van der Waals surface area contributed by atoms with Crippen molar-refractivity contribution in [1.29, 1.82) is 10.5 Å². The van der Waals surface area contributed by atoms with Crippen molar-refractivity contribution in [1.82, 2.24) is 39.3 Å². The van der Waals surface area contributed by atoms with Gasteiger partial charge in [0.05, 0.1) is 0 Å². The van der Waals surface area contributed by atoms with Gasteiger partial charge in [0, 0.05) is 67.3 Å². The normalized spacial score (nSPS) is 16.3. The van der Waals surface area contributed by atoms with E-state index in [1.807, 2.05) is 51.1 Å². The van der Waals surface area contributed by atoms with E-state index in [1.54, 1.807) is 38.6 Å². The second-order valence-electron chi connectivity index (χ2n) is 19.9. The molecule has 4 aromatic heterocycles. The van der Waals surface area contributed by atoms with Crippen LogP contribution in [0.2, 0.25) is 0 Å². The topological polar surface area (TPSA) is 209 Å². The lowest BCUT2D eigenvalue weighted by Gasteiger charge is -2.31. The lowest BCUT2D eigenvalue weighted by molar-refractivity contribution is 0.0224. The third kappa shape index (κ3) is 11.1. The van der Waals surface area contributed by atoms with Crippen molar-refractivity contribution in [3.8, 4) is 12.1 Å². The summed E-state index contributed by atoms with van der Waals surface area (Å²) in [7, 11) is 0. The van der Waals surface area contributed by atoms with E-state index in [-0.39, 0.29) is 28.3 Å². The highest BCUT2D eigenvalue weighted by Gasteiger charge is 2.26. The maximum absolute atomic E-state index is 13.1. The van der Waals surface area contributed by atoms with Gasteiger partial charge in [0.15, 0.2) is 0 Å². The molecule has 356 valence electrons. The summed E-state index contributed by atoms with van der Waals surface area (Å²) in [5.41, 5.74) is 6.99. The molecule has 16 nitrogen and oxygen atoms in total. The molecule has 16 heteroatoms. The summed E-state index contributed by atoms with van der Waals surface area (Å²) in [6.07, 6.45) is 16.4. The van der Waals surface area contributed by atoms with Crippen molar-refractivity contribution < 1.29 is 9.53 Å². The number of rotatable bonds is 8. The third-order valence-electron chi connectivity index (χ3n) is 13.7. The quantitative estimate of drug-likeness (QED) is 0.130. The summed E-state index contributed by atoms with van der Waals surface area (Å²) in [5.74, 6) is 1.71. The van der Waals surface area contributed by atoms with Gasteiger partial charge >= 0.3 is 6.09 Å². The van der Waals surface area contributed by atoms with Gasteiger partial charge in [-0.15, -0.1) is 0 Å². The number of nitrogens with one attached hydrogen (secondary N) is 3. The zero-order chi connectivity index (χ0) is 48.1. The molecule has 0 atom stereocenters. The molecule has 2 aromatic carbocycles. The average molecular weight is 929 g/mol. The summed E-state index contributed by atoms with van der Waals surface area (Å²) >= 11 is 0. The lowest BCUT2D eigenvalue weighted by atomic mass is 9.89. The molecular formula is C53H60N12O4. The Balaban J connectivity index is 0.000000175. The van der Waals surface area contributed by atoms with Gasteiger partial charge < -0.3 is 25.6 Å². The van der Waals surface area contributed by atoms with Crippen molar-refractivity contribution in [2.45, 2.75) is 130 Å². The Kier molecular flexibility index (Phi) is 14.0. The number of nitriles is 2. The predicted octanol–water partition coefficient (Wildman–Crippen LogP) is 8.91. The first-order chi connectivity index (χ1) is 33.4. The number of nitrogens with zero attached hydrogens (tertiary/aromatic N) is 9.